The third-order valence-corrected chi connectivity index (χ3v) is 6.68. The van der Waals surface area contributed by atoms with Gasteiger partial charge < -0.3 is 10.2 Å². The largest absolute Gasteiger partial charge is 0.352 e. The lowest BCUT2D eigenvalue weighted by Crippen LogP contribution is -2.52. The third kappa shape index (κ3) is 8.12. The lowest BCUT2D eigenvalue weighted by Gasteiger charge is -2.32. The van der Waals surface area contributed by atoms with E-state index in [2.05, 4.69) is 5.32 Å². The number of nitrogens with one attached hydrogen (secondary N) is 1. The van der Waals surface area contributed by atoms with Crippen molar-refractivity contribution < 1.29 is 9.59 Å². The molecular formula is C29H32Cl2N2O2. The number of halogens is 2. The molecule has 0 heterocycles. The zero-order valence-electron chi connectivity index (χ0n) is 20.2. The molecule has 0 saturated carbocycles. The molecule has 0 fully saturated rings. The van der Waals surface area contributed by atoms with Crippen molar-refractivity contribution in [3.05, 3.63) is 106 Å². The minimum Gasteiger partial charge on any atom is -0.352 e. The van der Waals surface area contributed by atoms with Gasteiger partial charge in [-0.25, -0.2) is 0 Å². The van der Waals surface area contributed by atoms with Crippen LogP contribution in [0, 0.1) is 0 Å². The van der Waals surface area contributed by atoms with E-state index in [9.17, 15) is 9.59 Å². The van der Waals surface area contributed by atoms with Crippen LogP contribution in [0.1, 0.15) is 43.4 Å². The maximum absolute atomic E-state index is 13.7. The van der Waals surface area contributed by atoms with Crippen LogP contribution in [0.5, 0.6) is 0 Å². The number of amides is 2. The molecule has 2 amide bonds. The molecule has 3 rings (SSSR count). The average Bonchev–Trinajstić information content (AvgIpc) is 2.86. The molecule has 0 spiro atoms. The van der Waals surface area contributed by atoms with E-state index in [4.69, 9.17) is 23.2 Å². The van der Waals surface area contributed by atoms with Gasteiger partial charge in [-0.15, -0.1) is 0 Å². The molecular weight excluding hydrogens is 479 g/mol. The molecule has 4 nitrogen and oxygen atoms in total. The molecule has 184 valence electrons. The van der Waals surface area contributed by atoms with Crippen LogP contribution in [-0.4, -0.2) is 28.8 Å². The summed E-state index contributed by atoms with van der Waals surface area (Å²) in [5.74, 6) is -0.263. The van der Waals surface area contributed by atoms with Crippen molar-refractivity contribution in [1.29, 1.82) is 0 Å². The lowest BCUT2D eigenvalue weighted by molar-refractivity contribution is -0.141. The summed E-state index contributed by atoms with van der Waals surface area (Å²) in [6, 6.07) is 24.1. The predicted octanol–water partition coefficient (Wildman–Crippen LogP) is 6.48. The first-order valence-electron chi connectivity index (χ1n) is 12.0. The Balaban J connectivity index is 1.92. The Morgan fingerprint density at radius 1 is 0.914 bits per heavy atom. The van der Waals surface area contributed by atoms with Gasteiger partial charge in [-0.2, -0.15) is 0 Å². The number of carbonyl (C=O) groups excluding carboxylic acids is 2. The van der Waals surface area contributed by atoms with E-state index in [1.807, 2.05) is 86.6 Å². The summed E-state index contributed by atoms with van der Waals surface area (Å²) in [6.07, 6.45) is 1.96. The fraction of sp³-hybridized carbons (Fsp3) is 0.310. The van der Waals surface area contributed by atoms with Gasteiger partial charge in [0.25, 0.3) is 0 Å². The molecule has 0 aliphatic rings. The van der Waals surface area contributed by atoms with Crippen LogP contribution in [0.15, 0.2) is 78.9 Å². The van der Waals surface area contributed by atoms with Crippen molar-refractivity contribution in [2.45, 2.75) is 58.2 Å². The molecule has 0 bridgehead atoms. The maximum Gasteiger partial charge on any atom is 0.243 e. The molecule has 0 aromatic heterocycles. The summed E-state index contributed by atoms with van der Waals surface area (Å²) in [7, 11) is 0. The molecule has 0 saturated heterocycles. The summed E-state index contributed by atoms with van der Waals surface area (Å²) in [6.45, 7) is 4.28. The standard InChI is InChI=1S/C29H32Cl2N2O2/c1-3-21(2)32-29(35)27(19-22-10-5-4-6-11-22)33(20-23-12-9-14-25(30)18-23)28(34)17-16-24-13-7-8-15-26(24)31/h4-15,18,21,27H,3,16-17,19-20H2,1-2H3,(H,32,35)/t21-,27-/m0/s1. The second-order valence-corrected chi connectivity index (χ2v) is 9.61. The quantitative estimate of drug-likeness (QED) is 0.320. The highest BCUT2D eigenvalue weighted by atomic mass is 35.5. The van der Waals surface area contributed by atoms with E-state index in [1.165, 1.54) is 0 Å². The van der Waals surface area contributed by atoms with Crippen LogP contribution in [-0.2, 0) is 29.0 Å². The zero-order chi connectivity index (χ0) is 25.2. The molecule has 0 aliphatic carbocycles. The SMILES string of the molecule is CC[C@H](C)NC(=O)[C@H](Cc1ccccc1)N(Cc1cccc(Cl)c1)C(=O)CCc1ccccc1Cl. The fourth-order valence-corrected chi connectivity index (χ4v) is 4.36. The molecule has 0 radical (unpaired) electrons. The van der Waals surface area contributed by atoms with Gasteiger partial charge in [0.1, 0.15) is 6.04 Å². The van der Waals surface area contributed by atoms with E-state index in [0.29, 0.717) is 22.9 Å². The van der Waals surface area contributed by atoms with E-state index < -0.39 is 6.04 Å². The highest BCUT2D eigenvalue weighted by Crippen LogP contribution is 2.21. The second kappa shape index (κ2) is 13.3. The van der Waals surface area contributed by atoms with Crippen LogP contribution in [0.3, 0.4) is 0 Å². The van der Waals surface area contributed by atoms with Gasteiger partial charge in [0.05, 0.1) is 0 Å². The minimum atomic E-state index is -0.663. The van der Waals surface area contributed by atoms with Gasteiger partial charge in [-0.3, -0.25) is 9.59 Å². The Kier molecular flexibility index (Phi) is 10.2. The lowest BCUT2D eigenvalue weighted by atomic mass is 10.0. The van der Waals surface area contributed by atoms with Crippen molar-refractivity contribution in [1.82, 2.24) is 10.2 Å². The molecule has 3 aromatic rings. The van der Waals surface area contributed by atoms with Crippen molar-refractivity contribution in [3.63, 3.8) is 0 Å². The number of benzene rings is 3. The Morgan fingerprint density at radius 2 is 1.60 bits per heavy atom. The molecule has 35 heavy (non-hydrogen) atoms. The van der Waals surface area contributed by atoms with E-state index >= 15 is 0 Å². The Hall–Kier alpha value is -2.82. The van der Waals surface area contributed by atoms with E-state index in [1.54, 1.807) is 11.0 Å². The normalized spacial score (nSPS) is 12.6. The third-order valence-electron chi connectivity index (χ3n) is 6.08. The monoisotopic (exact) mass is 510 g/mol. The average molecular weight is 511 g/mol. The van der Waals surface area contributed by atoms with Gasteiger partial charge in [0.2, 0.25) is 11.8 Å². The predicted molar refractivity (Wildman–Crippen MR) is 144 cm³/mol. The van der Waals surface area contributed by atoms with Gasteiger partial charge in [-0.1, -0.05) is 90.8 Å². The summed E-state index contributed by atoms with van der Waals surface area (Å²) in [4.78, 5) is 28.9. The Bertz CT molecular complexity index is 1120. The van der Waals surface area contributed by atoms with Crippen LogP contribution < -0.4 is 5.32 Å². The zero-order valence-corrected chi connectivity index (χ0v) is 21.7. The van der Waals surface area contributed by atoms with Crippen molar-refractivity contribution in [2.75, 3.05) is 0 Å². The van der Waals surface area contributed by atoms with Crippen LogP contribution in [0.2, 0.25) is 10.0 Å². The first-order chi connectivity index (χ1) is 16.9. The second-order valence-electron chi connectivity index (χ2n) is 8.77. The Morgan fingerprint density at radius 3 is 2.29 bits per heavy atom. The van der Waals surface area contributed by atoms with Crippen LogP contribution >= 0.6 is 23.2 Å². The van der Waals surface area contributed by atoms with Gasteiger partial charge >= 0.3 is 0 Å². The first-order valence-corrected chi connectivity index (χ1v) is 12.7. The number of hydrogen-bond donors (Lipinski definition) is 1. The summed E-state index contributed by atoms with van der Waals surface area (Å²) in [5, 5.41) is 4.31. The van der Waals surface area contributed by atoms with Gasteiger partial charge in [0.15, 0.2) is 0 Å². The number of rotatable bonds is 11. The number of aryl methyl sites for hydroxylation is 1. The fourth-order valence-electron chi connectivity index (χ4n) is 3.91. The molecule has 2 atom stereocenters. The highest BCUT2D eigenvalue weighted by Gasteiger charge is 2.30. The molecule has 6 heteroatoms. The minimum absolute atomic E-state index is 0.00650. The van der Waals surface area contributed by atoms with Gasteiger partial charge in [0, 0.05) is 35.5 Å². The molecule has 3 aromatic carbocycles. The van der Waals surface area contributed by atoms with Crippen molar-refractivity contribution >= 4 is 35.0 Å². The van der Waals surface area contributed by atoms with Crippen LogP contribution in [0.4, 0.5) is 0 Å². The first kappa shape index (κ1) is 26.8. The van der Waals surface area contributed by atoms with Gasteiger partial charge in [-0.05, 0) is 54.7 Å². The van der Waals surface area contributed by atoms with Crippen molar-refractivity contribution in [3.8, 4) is 0 Å². The maximum atomic E-state index is 13.7. The smallest absolute Gasteiger partial charge is 0.243 e. The van der Waals surface area contributed by atoms with Crippen LogP contribution in [0.25, 0.3) is 0 Å². The van der Waals surface area contributed by atoms with Crippen molar-refractivity contribution in [2.24, 2.45) is 0 Å². The number of hydrogen-bond acceptors (Lipinski definition) is 2. The Labute approximate surface area is 218 Å². The molecule has 0 aliphatic heterocycles. The summed E-state index contributed by atoms with van der Waals surface area (Å²) < 4.78 is 0. The number of nitrogens with zero attached hydrogens (tertiary/aromatic N) is 1. The highest BCUT2D eigenvalue weighted by molar-refractivity contribution is 6.31. The summed E-state index contributed by atoms with van der Waals surface area (Å²) >= 11 is 12.6. The molecule has 0 unspecified atom stereocenters. The molecule has 1 N–H and O–H groups in total. The van der Waals surface area contributed by atoms with E-state index in [0.717, 1.165) is 23.1 Å². The van der Waals surface area contributed by atoms with E-state index in [-0.39, 0.29) is 30.8 Å². The number of carbonyl (C=O) groups is 2. The topological polar surface area (TPSA) is 49.4 Å². The summed E-state index contributed by atoms with van der Waals surface area (Å²) in [5.41, 5.74) is 2.78.